The molecule has 7 heteroatoms. The van der Waals surface area contributed by atoms with Crippen LogP contribution in [0.4, 0.5) is 10.1 Å². The third kappa shape index (κ3) is 4.17. The topological polar surface area (TPSA) is 75.3 Å². The number of nitrogens with one attached hydrogen (secondary N) is 2. The normalized spacial score (nSPS) is 23.8. The summed E-state index contributed by atoms with van der Waals surface area (Å²) in [5.41, 5.74) is 0.315. The van der Waals surface area contributed by atoms with Crippen LogP contribution in [0.1, 0.15) is 18.9 Å². The Morgan fingerprint density at radius 1 is 1.43 bits per heavy atom. The van der Waals surface area contributed by atoms with Crippen LogP contribution in [-0.4, -0.2) is 37.9 Å². The zero-order valence-electron chi connectivity index (χ0n) is 12.1. The van der Waals surface area contributed by atoms with Gasteiger partial charge in [0.05, 0.1) is 29.3 Å². The zero-order chi connectivity index (χ0) is 15.7. The first kappa shape index (κ1) is 15.8. The van der Waals surface area contributed by atoms with Crippen LogP contribution in [0, 0.1) is 12.7 Å². The second-order valence-corrected chi connectivity index (χ2v) is 7.97. The third-order valence-electron chi connectivity index (χ3n) is 3.51. The van der Waals surface area contributed by atoms with Crippen LogP contribution in [0.25, 0.3) is 0 Å². The minimum absolute atomic E-state index is 0.0510. The number of carbonyl (C=O) groups excluding carboxylic acids is 1. The van der Waals surface area contributed by atoms with Crippen LogP contribution in [0.2, 0.25) is 0 Å². The first-order valence-corrected chi connectivity index (χ1v) is 8.53. The van der Waals surface area contributed by atoms with Gasteiger partial charge in [0.2, 0.25) is 5.91 Å². The molecule has 0 bridgehead atoms. The number of amides is 1. The maximum Gasteiger partial charge on any atom is 0.239 e. The fourth-order valence-corrected chi connectivity index (χ4v) is 4.52. The molecule has 1 amide bonds. The van der Waals surface area contributed by atoms with Crippen LogP contribution in [0.5, 0.6) is 0 Å². The summed E-state index contributed by atoms with van der Waals surface area (Å²) < 4.78 is 36.5. The molecule has 116 valence electrons. The van der Waals surface area contributed by atoms with Crippen molar-refractivity contribution in [2.24, 2.45) is 0 Å². The summed E-state index contributed by atoms with van der Waals surface area (Å²) in [6.07, 6.45) is 0.403. The Labute approximate surface area is 123 Å². The molecular weight excluding hydrogens is 295 g/mol. The van der Waals surface area contributed by atoms with Gasteiger partial charge in [-0.2, -0.15) is 0 Å². The van der Waals surface area contributed by atoms with Crippen molar-refractivity contribution >= 4 is 21.4 Å². The van der Waals surface area contributed by atoms with E-state index in [1.54, 1.807) is 26.0 Å². The van der Waals surface area contributed by atoms with Crippen molar-refractivity contribution in [3.8, 4) is 0 Å². The van der Waals surface area contributed by atoms with Gasteiger partial charge in [0, 0.05) is 0 Å². The molecule has 5 nitrogen and oxygen atoms in total. The van der Waals surface area contributed by atoms with Gasteiger partial charge in [-0.15, -0.1) is 0 Å². The van der Waals surface area contributed by atoms with E-state index in [2.05, 4.69) is 10.6 Å². The highest BCUT2D eigenvalue weighted by atomic mass is 32.2. The van der Waals surface area contributed by atoms with E-state index in [9.17, 15) is 17.6 Å². The number of aryl methyl sites for hydroxylation is 1. The summed E-state index contributed by atoms with van der Waals surface area (Å²) in [6.45, 7) is 3.39. The second kappa shape index (κ2) is 5.63. The summed E-state index contributed by atoms with van der Waals surface area (Å²) in [5.74, 6) is -0.735. The SMILES string of the molecule is Cc1ccc(NCC(=O)N[C@]2(C)CCS(=O)(=O)C2)c(F)c1. The molecule has 1 aromatic carbocycles. The van der Waals surface area contributed by atoms with Crippen molar-refractivity contribution < 1.29 is 17.6 Å². The lowest BCUT2D eigenvalue weighted by molar-refractivity contribution is -0.120. The number of halogens is 1. The summed E-state index contributed by atoms with van der Waals surface area (Å²) in [5, 5.41) is 5.42. The molecule has 0 radical (unpaired) electrons. The van der Waals surface area contributed by atoms with Crippen molar-refractivity contribution in [3.05, 3.63) is 29.6 Å². The molecule has 1 aromatic rings. The van der Waals surface area contributed by atoms with E-state index < -0.39 is 21.2 Å². The van der Waals surface area contributed by atoms with Crippen LogP contribution < -0.4 is 10.6 Å². The molecule has 0 spiro atoms. The molecular formula is C14H19FN2O3S. The molecule has 1 atom stereocenters. The van der Waals surface area contributed by atoms with Gasteiger partial charge in [0.1, 0.15) is 5.82 Å². The highest BCUT2D eigenvalue weighted by Crippen LogP contribution is 2.22. The van der Waals surface area contributed by atoms with Gasteiger partial charge in [-0.3, -0.25) is 4.79 Å². The quantitative estimate of drug-likeness (QED) is 0.877. The molecule has 2 N–H and O–H groups in total. The van der Waals surface area contributed by atoms with Gasteiger partial charge in [0.25, 0.3) is 0 Å². The molecule has 1 fully saturated rings. The fourth-order valence-electron chi connectivity index (χ4n) is 2.43. The summed E-state index contributed by atoms with van der Waals surface area (Å²) in [7, 11) is -3.07. The van der Waals surface area contributed by atoms with Gasteiger partial charge < -0.3 is 10.6 Å². The first-order valence-electron chi connectivity index (χ1n) is 6.71. The van der Waals surface area contributed by atoms with Crippen molar-refractivity contribution in [2.45, 2.75) is 25.8 Å². The van der Waals surface area contributed by atoms with Crippen molar-refractivity contribution in [1.29, 1.82) is 0 Å². The minimum atomic E-state index is -3.07. The Balaban J connectivity index is 1.91. The molecule has 0 saturated carbocycles. The summed E-state index contributed by atoms with van der Waals surface area (Å²) in [6, 6.07) is 4.69. The Morgan fingerprint density at radius 2 is 2.14 bits per heavy atom. The lowest BCUT2D eigenvalue weighted by Crippen LogP contribution is -2.48. The summed E-state index contributed by atoms with van der Waals surface area (Å²) in [4.78, 5) is 11.9. The molecule has 1 heterocycles. The number of carbonyl (C=O) groups is 1. The van der Waals surface area contributed by atoms with Gasteiger partial charge >= 0.3 is 0 Å². The van der Waals surface area contributed by atoms with E-state index in [1.807, 2.05) is 0 Å². The van der Waals surface area contributed by atoms with E-state index in [1.165, 1.54) is 6.07 Å². The molecule has 0 aliphatic carbocycles. The predicted octanol–water partition coefficient (Wildman–Crippen LogP) is 1.24. The highest BCUT2D eigenvalue weighted by Gasteiger charge is 2.39. The first-order chi connectivity index (χ1) is 9.69. The van der Waals surface area contributed by atoms with Crippen molar-refractivity contribution in [2.75, 3.05) is 23.4 Å². The standard InChI is InChI=1S/C14H19FN2O3S/c1-10-3-4-12(11(15)7-10)16-8-13(18)17-14(2)5-6-21(19,20)9-14/h3-4,7,16H,5-6,8-9H2,1-2H3,(H,17,18)/t14-/m1/s1. The number of hydrogen-bond acceptors (Lipinski definition) is 4. The summed E-state index contributed by atoms with van der Waals surface area (Å²) >= 11 is 0. The Bertz CT molecular complexity index is 660. The Hall–Kier alpha value is -1.63. The Kier molecular flexibility index (Phi) is 4.22. The number of anilines is 1. The third-order valence-corrected chi connectivity index (χ3v) is 5.41. The molecule has 0 unspecified atom stereocenters. The number of benzene rings is 1. The van der Waals surface area contributed by atoms with Gasteiger partial charge in [-0.25, -0.2) is 12.8 Å². The lowest BCUT2D eigenvalue weighted by atomic mass is 10.0. The molecule has 1 aliphatic rings. The van der Waals surface area contributed by atoms with E-state index in [4.69, 9.17) is 0 Å². The Morgan fingerprint density at radius 3 is 2.71 bits per heavy atom. The largest absolute Gasteiger partial charge is 0.374 e. The zero-order valence-corrected chi connectivity index (χ0v) is 12.9. The molecule has 1 aliphatic heterocycles. The van der Waals surface area contributed by atoms with Gasteiger partial charge in [-0.05, 0) is 38.0 Å². The van der Waals surface area contributed by atoms with Crippen LogP contribution >= 0.6 is 0 Å². The lowest BCUT2D eigenvalue weighted by Gasteiger charge is -2.24. The van der Waals surface area contributed by atoms with E-state index in [0.29, 0.717) is 6.42 Å². The fraction of sp³-hybridized carbons (Fsp3) is 0.500. The van der Waals surface area contributed by atoms with Crippen molar-refractivity contribution in [1.82, 2.24) is 5.32 Å². The average molecular weight is 314 g/mol. The number of rotatable bonds is 4. The number of sulfone groups is 1. The van der Waals surface area contributed by atoms with Gasteiger partial charge in [0.15, 0.2) is 9.84 Å². The highest BCUT2D eigenvalue weighted by molar-refractivity contribution is 7.91. The predicted molar refractivity (Wildman–Crippen MR) is 79.4 cm³/mol. The molecule has 2 rings (SSSR count). The second-order valence-electron chi connectivity index (χ2n) is 5.79. The van der Waals surface area contributed by atoms with Crippen LogP contribution in [0.3, 0.4) is 0 Å². The number of hydrogen-bond donors (Lipinski definition) is 2. The maximum atomic E-state index is 13.6. The minimum Gasteiger partial charge on any atom is -0.374 e. The molecule has 1 saturated heterocycles. The van der Waals surface area contributed by atoms with Gasteiger partial charge in [-0.1, -0.05) is 6.07 Å². The van der Waals surface area contributed by atoms with Crippen LogP contribution in [-0.2, 0) is 14.6 Å². The monoisotopic (exact) mass is 314 g/mol. The van der Waals surface area contributed by atoms with E-state index in [0.717, 1.165) is 5.56 Å². The van der Waals surface area contributed by atoms with E-state index >= 15 is 0 Å². The molecule has 21 heavy (non-hydrogen) atoms. The van der Waals surface area contributed by atoms with Crippen LogP contribution in [0.15, 0.2) is 18.2 Å². The smallest absolute Gasteiger partial charge is 0.239 e. The van der Waals surface area contributed by atoms with E-state index in [-0.39, 0.29) is 29.6 Å². The molecule has 0 aromatic heterocycles. The van der Waals surface area contributed by atoms with Crippen molar-refractivity contribution in [3.63, 3.8) is 0 Å². The average Bonchev–Trinajstić information content (AvgIpc) is 2.62. The maximum absolute atomic E-state index is 13.6.